The van der Waals surface area contributed by atoms with Crippen LogP contribution in [0.3, 0.4) is 0 Å². The Hall–Kier alpha value is -7.95. The summed E-state index contributed by atoms with van der Waals surface area (Å²) in [6, 6.07) is 0. The predicted molar refractivity (Wildman–Crippen MR) is 195 cm³/mol. The summed E-state index contributed by atoms with van der Waals surface area (Å²) in [5.41, 5.74) is 0. The number of nitrogens with one attached hydrogen (secondary N) is 15. The SMILES string of the molecule is O=C1CNC(=O)CNC(=O)CNC(=O)CNC(=O)CNC(=O)CNC(=O)CNC(=O)CNC(=O)CNC(=O)CNC(=O)CNC(=O)CNC(=O)CNC(=O)CNC(=O)CN1. The van der Waals surface area contributed by atoms with E-state index < -0.39 is 187 Å². The Morgan fingerprint density at radius 1 is 0.133 bits per heavy atom. The number of carbonyl (C=O) groups excluding carboxylic acids is 15. The highest BCUT2D eigenvalue weighted by molar-refractivity contribution is 5.95. The van der Waals surface area contributed by atoms with Crippen molar-refractivity contribution in [2.24, 2.45) is 0 Å². The van der Waals surface area contributed by atoms with Crippen molar-refractivity contribution in [2.75, 3.05) is 98.2 Å². The first-order chi connectivity index (χ1) is 28.4. The lowest BCUT2D eigenvalue weighted by molar-refractivity contribution is -0.130. The molecular formula is C30H45N15O15. The fraction of sp³-hybridized carbons (Fsp3) is 0.500. The smallest absolute Gasteiger partial charge is 0.239 e. The molecule has 0 aromatic heterocycles. The van der Waals surface area contributed by atoms with Gasteiger partial charge in [-0.3, -0.25) is 71.9 Å². The van der Waals surface area contributed by atoms with Gasteiger partial charge in [0.05, 0.1) is 98.2 Å². The van der Waals surface area contributed by atoms with Gasteiger partial charge < -0.3 is 79.8 Å². The third-order valence-electron chi connectivity index (χ3n) is 6.69. The quantitative estimate of drug-likeness (QED) is 0.108. The molecule has 0 atom stereocenters. The maximum absolute atomic E-state index is 11.9. The molecular weight excluding hydrogens is 810 g/mol. The van der Waals surface area contributed by atoms with Crippen molar-refractivity contribution in [2.45, 2.75) is 0 Å². The van der Waals surface area contributed by atoms with Crippen LogP contribution < -0.4 is 79.8 Å². The van der Waals surface area contributed by atoms with E-state index in [0.717, 1.165) is 0 Å². The van der Waals surface area contributed by atoms with Crippen LogP contribution in [0.5, 0.6) is 0 Å². The number of rotatable bonds is 0. The molecule has 0 spiro atoms. The molecule has 1 heterocycles. The molecule has 330 valence electrons. The van der Waals surface area contributed by atoms with Crippen LogP contribution in [0.15, 0.2) is 0 Å². The lowest BCUT2D eigenvalue weighted by Crippen LogP contribution is -2.48. The van der Waals surface area contributed by atoms with Gasteiger partial charge in [0.25, 0.3) is 0 Å². The van der Waals surface area contributed by atoms with Crippen molar-refractivity contribution in [3.63, 3.8) is 0 Å². The molecule has 1 rings (SSSR count). The maximum Gasteiger partial charge on any atom is 0.239 e. The Balaban J connectivity index is 2.63. The van der Waals surface area contributed by atoms with Gasteiger partial charge in [0.15, 0.2) is 0 Å². The molecule has 0 aliphatic carbocycles. The predicted octanol–water partition coefficient (Wildman–Crippen LogP) is -13.3. The van der Waals surface area contributed by atoms with Crippen LogP contribution in [0, 0.1) is 0 Å². The number of carbonyl (C=O) groups is 15. The summed E-state index contributed by atoms with van der Waals surface area (Å²) in [6.07, 6.45) is 0. The zero-order valence-corrected chi connectivity index (χ0v) is 31.7. The van der Waals surface area contributed by atoms with Crippen LogP contribution in [0.2, 0.25) is 0 Å². The van der Waals surface area contributed by atoms with Gasteiger partial charge in [-0.15, -0.1) is 0 Å². The van der Waals surface area contributed by atoms with Crippen molar-refractivity contribution in [1.82, 2.24) is 79.8 Å². The highest BCUT2D eigenvalue weighted by Crippen LogP contribution is 1.77. The van der Waals surface area contributed by atoms with E-state index in [9.17, 15) is 71.9 Å². The number of hydrogen-bond donors (Lipinski definition) is 15. The summed E-state index contributed by atoms with van der Waals surface area (Å²) in [7, 11) is 0. The first-order valence-corrected chi connectivity index (χ1v) is 17.4. The van der Waals surface area contributed by atoms with Crippen molar-refractivity contribution in [3.05, 3.63) is 0 Å². The Morgan fingerprint density at radius 2 is 0.183 bits per heavy atom. The molecule has 0 aromatic rings. The summed E-state index contributed by atoms with van der Waals surface area (Å²) >= 11 is 0. The van der Waals surface area contributed by atoms with Crippen LogP contribution in [0.1, 0.15) is 0 Å². The van der Waals surface area contributed by atoms with E-state index in [2.05, 4.69) is 79.8 Å². The summed E-state index contributed by atoms with van der Waals surface area (Å²) < 4.78 is 0. The molecule has 0 bridgehead atoms. The first-order valence-electron chi connectivity index (χ1n) is 17.4. The van der Waals surface area contributed by atoms with Crippen LogP contribution >= 0.6 is 0 Å². The van der Waals surface area contributed by atoms with Gasteiger partial charge in [-0.1, -0.05) is 0 Å². The second kappa shape index (κ2) is 28.4. The highest BCUT2D eigenvalue weighted by Gasteiger charge is 2.15. The standard InChI is InChI=1S/C30H45N15O15/c46-16-1-31-17(47)2-33-19(49)4-35-21(51)6-37-23(53)8-39-25(55)10-41-27(57)12-43-29(59)14-45-30(60)15-44-28(58)13-42-26(56)11-40-24(54)9-38-22(52)7-36-20(50)5-34-18(48)3-32-16/h1-15H2,(H,31,47)(H,32,46)(H,33,49)(H,34,48)(H,35,51)(H,36,50)(H,37,53)(H,38,52)(H,39,55)(H,40,54)(H,41,57)(H,42,56)(H,43,59)(H,44,58)(H,45,60). The molecule has 15 amide bonds. The average Bonchev–Trinajstić information content (AvgIpc) is 3.22. The van der Waals surface area contributed by atoms with Crippen LogP contribution in [-0.2, 0) is 71.9 Å². The fourth-order valence-electron chi connectivity index (χ4n) is 3.62. The lowest BCUT2D eigenvalue weighted by Gasteiger charge is -2.10. The summed E-state index contributed by atoms with van der Waals surface area (Å²) in [5, 5.41) is 32.4. The number of hydrogen-bond acceptors (Lipinski definition) is 15. The first kappa shape index (κ1) is 50.1. The topological polar surface area (TPSA) is 436 Å². The third-order valence-corrected chi connectivity index (χ3v) is 6.69. The highest BCUT2D eigenvalue weighted by atomic mass is 16.2. The minimum Gasteiger partial charge on any atom is -0.346 e. The van der Waals surface area contributed by atoms with E-state index in [4.69, 9.17) is 0 Å². The van der Waals surface area contributed by atoms with Crippen molar-refractivity contribution in [3.8, 4) is 0 Å². The zero-order valence-electron chi connectivity index (χ0n) is 31.7. The Morgan fingerprint density at radius 3 is 0.233 bits per heavy atom. The maximum atomic E-state index is 11.9. The van der Waals surface area contributed by atoms with Gasteiger partial charge in [-0.2, -0.15) is 0 Å². The Bertz CT molecular complexity index is 1130. The third kappa shape index (κ3) is 26.8. The minimum atomic E-state index is -0.816. The molecule has 0 aromatic carbocycles. The molecule has 1 fully saturated rings. The summed E-state index contributed by atoms with van der Waals surface area (Å²) in [5.74, 6) is -12.2. The van der Waals surface area contributed by atoms with E-state index in [-0.39, 0.29) is 0 Å². The number of amides is 15. The van der Waals surface area contributed by atoms with E-state index in [1.165, 1.54) is 0 Å². The second-order valence-electron chi connectivity index (χ2n) is 11.7. The normalized spacial score (nSPS) is 19.5. The van der Waals surface area contributed by atoms with Gasteiger partial charge in [0.2, 0.25) is 88.6 Å². The lowest BCUT2D eigenvalue weighted by atomic mass is 10.4. The summed E-state index contributed by atoms with van der Waals surface area (Å²) in [6.45, 7) is -9.04. The molecule has 0 unspecified atom stereocenters. The molecule has 60 heavy (non-hydrogen) atoms. The Kier molecular flexibility index (Phi) is 23.7. The Labute approximate surface area is 338 Å². The van der Waals surface area contributed by atoms with Crippen molar-refractivity contribution in [1.29, 1.82) is 0 Å². The molecule has 0 saturated carbocycles. The molecule has 1 saturated heterocycles. The molecule has 1 aliphatic rings. The largest absolute Gasteiger partial charge is 0.346 e. The van der Waals surface area contributed by atoms with Crippen LogP contribution in [0.4, 0.5) is 0 Å². The van der Waals surface area contributed by atoms with Gasteiger partial charge in [-0.05, 0) is 0 Å². The summed E-state index contributed by atoms with van der Waals surface area (Å²) in [4.78, 5) is 179. The van der Waals surface area contributed by atoms with Gasteiger partial charge >= 0.3 is 0 Å². The van der Waals surface area contributed by atoms with Crippen LogP contribution in [0.25, 0.3) is 0 Å². The van der Waals surface area contributed by atoms with Gasteiger partial charge in [0.1, 0.15) is 0 Å². The van der Waals surface area contributed by atoms with Crippen LogP contribution in [-0.4, -0.2) is 187 Å². The minimum absolute atomic E-state index is 0.602. The zero-order chi connectivity index (χ0) is 44.9. The van der Waals surface area contributed by atoms with E-state index >= 15 is 0 Å². The van der Waals surface area contributed by atoms with Crippen molar-refractivity contribution < 1.29 is 71.9 Å². The van der Waals surface area contributed by atoms with Gasteiger partial charge in [0, 0.05) is 0 Å². The van der Waals surface area contributed by atoms with Crippen molar-refractivity contribution >= 4 is 88.6 Å². The fourth-order valence-corrected chi connectivity index (χ4v) is 3.62. The second-order valence-corrected chi connectivity index (χ2v) is 11.7. The molecule has 0 radical (unpaired) electrons. The molecule has 1 aliphatic heterocycles. The average molecular weight is 856 g/mol. The van der Waals surface area contributed by atoms with E-state index in [0.29, 0.717) is 0 Å². The monoisotopic (exact) mass is 855 g/mol. The van der Waals surface area contributed by atoms with E-state index in [1.807, 2.05) is 0 Å². The molecule has 30 nitrogen and oxygen atoms in total. The van der Waals surface area contributed by atoms with E-state index in [1.54, 1.807) is 0 Å². The molecule has 15 N–H and O–H groups in total. The molecule has 30 heteroatoms. The van der Waals surface area contributed by atoms with Gasteiger partial charge in [-0.25, -0.2) is 0 Å².